The Morgan fingerprint density at radius 2 is 1.81 bits per heavy atom. The lowest BCUT2D eigenvalue weighted by Gasteiger charge is -2.35. The fourth-order valence-corrected chi connectivity index (χ4v) is 3.54. The van der Waals surface area contributed by atoms with E-state index in [-0.39, 0.29) is 17.4 Å². The average Bonchev–Trinajstić information content (AvgIpc) is 2.77. The molecule has 166 valence electrons. The van der Waals surface area contributed by atoms with Crippen molar-refractivity contribution in [3.05, 3.63) is 47.7 Å². The number of fused-ring (bicyclic) bond motifs is 1. The molecule has 0 atom stereocenters. The molecule has 1 aromatic carbocycles. The van der Waals surface area contributed by atoms with Gasteiger partial charge in [-0.3, -0.25) is 9.69 Å². The molecule has 1 saturated heterocycles. The van der Waals surface area contributed by atoms with Crippen molar-refractivity contribution in [1.29, 1.82) is 0 Å². The molecule has 0 radical (unpaired) electrons. The van der Waals surface area contributed by atoms with Crippen molar-refractivity contribution < 1.29 is 32.2 Å². The molecule has 0 aliphatic carbocycles. The molecule has 0 saturated carbocycles. The maximum absolute atomic E-state index is 12.8. The topological polar surface area (TPSA) is 64.1 Å². The number of alkyl halides is 3. The van der Waals surface area contributed by atoms with Gasteiger partial charge in [0.2, 0.25) is 5.88 Å². The van der Waals surface area contributed by atoms with Gasteiger partial charge in [0.1, 0.15) is 18.8 Å². The highest BCUT2D eigenvalue weighted by molar-refractivity contribution is 5.96. The van der Waals surface area contributed by atoms with E-state index < -0.39 is 12.8 Å². The minimum absolute atomic E-state index is 0.0343. The van der Waals surface area contributed by atoms with Gasteiger partial charge in [-0.05, 0) is 29.8 Å². The number of hydrogen-bond donors (Lipinski definition) is 0. The summed E-state index contributed by atoms with van der Waals surface area (Å²) in [6.45, 7) is 2.47. The third-order valence-corrected chi connectivity index (χ3v) is 5.05. The SMILES string of the molecule is O=C(c1cccnc1OCC(F)(F)F)N1CCN(Cc2ccc3c(c2)OCCO3)CC1. The third kappa shape index (κ3) is 5.38. The predicted octanol–water partition coefficient (Wildman–Crippen LogP) is 2.75. The Bertz CT molecular complexity index is 930. The Labute approximate surface area is 177 Å². The molecule has 4 rings (SSSR count). The number of benzene rings is 1. The Kier molecular flexibility index (Phi) is 6.17. The van der Waals surface area contributed by atoms with Gasteiger partial charge in [0.15, 0.2) is 18.1 Å². The molecule has 1 amide bonds. The number of piperazine rings is 1. The summed E-state index contributed by atoms with van der Waals surface area (Å²) in [6.07, 6.45) is -3.20. The van der Waals surface area contributed by atoms with Crippen LogP contribution in [-0.4, -0.2) is 72.9 Å². The molecule has 0 spiro atoms. The van der Waals surface area contributed by atoms with Gasteiger partial charge in [-0.2, -0.15) is 13.2 Å². The first-order valence-electron chi connectivity index (χ1n) is 9.94. The first kappa shape index (κ1) is 21.2. The number of nitrogens with zero attached hydrogens (tertiary/aromatic N) is 3. The van der Waals surface area contributed by atoms with Gasteiger partial charge in [0.25, 0.3) is 5.91 Å². The molecule has 10 heteroatoms. The van der Waals surface area contributed by atoms with E-state index >= 15 is 0 Å². The van der Waals surface area contributed by atoms with Crippen LogP contribution < -0.4 is 14.2 Å². The van der Waals surface area contributed by atoms with Gasteiger partial charge in [-0.1, -0.05) is 6.07 Å². The molecule has 1 fully saturated rings. The number of carbonyl (C=O) groups excluding carboxylic acids is 1. The monoisotopic (exact) mass is 437 g/mol. The fraction of sp³-hybridized carbons (Fsp3) is 0.429. The Morgan fingerprint density at radius 1 is 1.06 bits per heavy atom. The first-order chi connectivity index (χ1) is 14.9. The summed E-state index contributed by atoms with van der Waals surface area (Å²) >= 11 is 0. The standard InChI is InChI=1S/C21H22F3N3O4/c22-21(23,24)14-31-19-16(2-1-5-25-19)20(28)27-8-6-26(7-9-27)13-15-3-4-17-18(12-15)30-11-10-29-17/h1-5,12H,6-11,13-14H2. The van der Waals surface area contributed by atoms with Gasteiger partial charge in [-0.15, -0.1) is 0 Å². The summed E-state index contributed by atoms with van der Waals surface area (Å²) in [6, 6.07) is 8.79. The van der Waals surface area contributed by atoms with E-state index in [2.05, 4.69) is 9.88 Å². The van der Waals surface area contributed by atoms with Crippen LogP contribution in [0.1, 0.15) is 15.9 Å². The highest BCUT2D eigenvalue weighted by Crippen LogP contribution is 2.31. The Hall–Kier alpha value is -3.01. The van der Waals surface area contributed by atoms with Crippen LogP contribution in [0.4, 0.5) is 13.2 Å². The number of hydrogen-bond acceptors (Lipinski definition) is 6. The van der Waals surface area contributed by atoms with E-state index in [1.54, 1.807) is 4.90 Å². The molecule has 3 heterocycles. The summed E-state index contributed by atoms with van der Waals surface area (Å²) in [4.78, 5) is 20.5. The van der Waals surface area contributed by atoms with Crippen molar-refractivity contribution in [3.63, 3.8) is 0 Å². The molecule has 2 aliphatic rings. The summed E-state index contributed by atoms with van der Waals surface area (Å²) < 4.78 is 53.3. The quantitative estimate of drug-likeness (QED) is 0.717. The summed E-state index contributed by atoms with van der Waals surface area (Å²) in [7, 11) is 0. The minimum atomic E-state index is -4.50. The van der Waals surface area contributed by atoms with Crippen LogP contribution in [0.15, 0.2) is 36.5 Å². The molecule has 31 heavy (non-hydrogen) atoms. The van der Waals surface area contributed by atoms with E-state index in [1.807, 2.05) is 18.2 Å². The molecule has 2 aliphatic heterocycles. The van der Waals surface area contributed by atoms with Crippen LogP contribution in [0.5, 0.6) is 17.4 Å². The van der Waals surface area contributed by atoms with E-state index in [4.69, 9.17) is 14.2 Å². The number of amides is 1. The van der Waals surface area contributed by atoms with Crippen molar-refractivity contribution in [2.24, 2.45) is 0 Å². The lowest BCUT2D eigenvalue weighted by Crippen LogP contribution is -2.48. The van der Waals surface area contributed by atoms with Crippen LogP contribution in [0.25, 0.3) is 0 Å². The van der Waals surface area contributed by atoms with Crippen LogP contribution >= 0.6 is 0 Å². The average molecular weight is 437 g/mol. The van der Waals surface area contributed by atoms with Crippen LogP contribution in [0.3, 0.4) is 0 Å². The second kappa shape index (κ2) is 9.01. The largest absolute Gasteiger partial charge is 0.486 e. The number of ether oxygens (including phenoxy) is 3. The summed E-state index contributed by atoms with van der Waals surface area (Å²) in [5, 5.41) is 0. The van der Waals surface area contributed by atoms with Gasteiger partial charge < -0.3 is 19.1 Å². The molecule has 1 aromatic heterocycles. The van der Waals surface area contributed by atoms with E-state index in [0.717, 1.165) is 17.1 Å². The number of pyridine rings is 1. The Morgan fingerprint density at radius 3 is 2.55 bits per heavy atom. The number of halogens is 3. The van der Waals surface area contributed by atoms with E-state index in [0.29, 0.717) is 45.9 Å². The van der Waals surface area contributed by atoms with E-state index in [9.17, 15) is 18.0 Å². The lowest BCUT2D eigenvalue weighted by molar-refractivity contribution is -0.154. The predicted molar refractivity (Wildman–Crippen MR) is 104 cm³/mol. The zero-order chi connectivity index (χ0) is 21.8. The smallest absolute Gasteiger partial charge is 0.422 e. The first-order valence-corrected chi connectivity index (χ1v) is 9.94. The van der Waals surface area contributed by atoms with Crippen LogP contribution in [0, 0.1) is 0 Å². The summed E-state index contributed by atoms with van der Waals surface area (Å²) in [5.41, 5.74) is 1.12. The van der Waals surface area contributed by atoms with Gasteiger partial charge in [0, 0.05) is 38.9 Å². The highest BCUT2D eigenvalue weighted by Gasteiger charge is 2.31. The maximum atomic E-state index is 12.8. The normalized spacial score (nSPS) is 16.8. The van der Waals surface area contributed by atoms with Crippen molar-refractivity contribution in [2.75, 3.05) is 46.0 Å². The van der Waals surface area contributed by atoms with Crippen molar-refractivity contribution in [1.82, 2.24) is 14.8 Å². The maximum Gasteiger partial charge on any atom is 0.422 e. The molecule has 0 bridgehead atoms. The second-order valence-corrected chi connectivity index (χ2v) is 7.31. The molecule has 0 unspecified atom stereocenters. The fourth-order valence-electron chi connectivity index (χ4n) is 3.54. The molecule has 0 N–H and O–H groups in total. The third-order valence-electron chi connectivity index (χ3n) is 5.05. The number of rotatable bonds is 5. The number of carbonyl (C=O) groups is 1. The molecule has 2 aromatic rings. The highest BCUT2D eigenvalue weighted by atomic mass is 19.4. The van der Waals surface area contributed by atoms with Crippen LogP contribution in [0.2, 0.25) is 0 Å². The summed E-state index contributed by atoms with van der Waals surface area (Å²) in [5.74, 6) is 0.791. The minimum Gasteiger partial charge on any atom is -0.486 e. The number of aromatic nitrogens is 1. The van der Waals surface area contributed by atoms with Crippen molar-refractivity contribution >= 4 is 5.91 Å². The Balaban J connectivity index is 1.34. The zero-order valence-corrected chi connectivity index (χ0v) is 16.7. The van der Waals surface area contributed by atoms with Crippen molar-refractivity contribution in [2.45, 2.75) is 12.7 Å². The molecular weight excluding hydrogens is 415 g/mol. The van der Waals surface area contributed by atoms with Gasteiger partial charge in [0.05, 0.1) is 0 Å². The zero-order valence-electron chi connectivity index (χ0n) is 16.7. The van der Waals surface area contributed by atoms with E-state index in [1.165, 1.54) is 18.3 Å². The van der Waals surface area contributed by atoms with Gasteiger partial charge in [-0.25, -0.2) is 4.98 Å². The van der Waals surface area contributed by atoms with Crippen LogP contribution in [-0.2, 0) is 6.54 Å². The second-order valence-electron chi connectivity index (χ2n) is 7.31. The lowest BCUT2D eigenvalue weighted by atomic mass is 10.1. The van der Waals surface area contributed by atoms with Gasteiger partial charge >= 0.3 is 6.18 Å². The molecular formula is C21H22F3N3O4. The molecule has 7 nitrogen and oxygen atoms in total. The van der Waals surface area contributed by atoms with Crippen molar-refractivity contribution in [3.8, 4) is 17.4 Å².